The molecule has 0 spiro atoms. The third kappa shape index (κ3) is 5.75. The van der Waals surface area contributed by atoms with E-state index in [2.05, 4.69) is 5.32 Å². The van der Waals surface area contributed by atoms with E-state index < -0.39 is 18.0 Å². The maximum Gasteiger partial charge on any atom is 0.347 e. The molecular formula is C14H14Cl3NO4. The maximum atomic E-state index is 11.6. The predicted molar refractivity (Wildman–Crippen MR) is 86.4 cm³/mol. The zero-order chi connectivity index (χ0) is 16.7. The van der Waals surface area contributed by atoms with Crippen LogP contribution in [0.1, 0.15) is 13.8 Å². The van der Waals surface area contributed by atoms with Gasteiger partial charge in [-0.2, -0.15) is 0 Å². The van der Waals surface area contributed by atoms with E-state index in [1.807, 2.05) is 0 Å². The van der Waals surface area contributed by atoms with Crippen molar-refractivity contribution in [2.75, 3.05) is 11.9 Å². The minimum atomic E-state index is -0.729. The molecule has 1 unspecified atom stereocenters. The molecule has 0 fully saturated rings. The summed E-state index contributed by atoms with van der Waals surface area (Å²) in [4.78, 5) is 23.1. The molecule has 1 aromatic carbocycles. The molecule has 120 valence electrons. The van der Waals surface area contributed by atoms with Crippen LogP contribution in [0.25, 0.3) is 0 Å². The van der Waals surface area contributed by atoms with Crippen LogP contribution in [0.5, 0.6) is 5.75 Å². The second kappa shape index (κ2) is 8.88. The van der Waals surface area contributed by atoms with E-state index in [4.69, 9.17) is 44.3 Å². The molecule has 0 saturated heterocycles. The number of carbonyl (C=O) groups is 2. The highest BCUT2D eigenvalue weighted by atomic mass is 35.5. The first-order chi connectivity index (χ1) is 10.3. The molecule has 1 amide bonds. The average molecular weight is 367 g/mol. The van der Waals surface area contributed by atoms with Gasteiger partial charge < -0.3 is 14.8 Å². The van der Waals surface area contributed by atoms with Crippen LogP contribution < -0.4 is 10.1 Å². The van der Waals surface area contributed by atoms with E-state index in [0.29, 0.717) is 11.4 Å². The number of hydrogen-bond acceptors (Lipinski definition) is 4. The molecule has 8 heteroatoms. The lowest BCUT2D eigenvalue weighted by Gasteiger charge is -2.13. The Morgan fingerprint density at radius 3 is 2.27 bits per heavy atom. The standard InChI is InChI=1S/C14H14Cl3NO4/c1-3-21-14(20)8(2)22-10-6-4-9(5-7-10)18-13(19)11(15)12(16)17/h4-8H,3H2,1-2H3,(H,18,19). The third-order valence-corrected chi connectivity index (χ3v) is 3.34. The van der Waals surface area contributed by atoms with Crippen LogP contribution in [0.15, 0.2) is 33.8 Å². The Kier molecular flexibility index (Phi) is 7.51. The molecule has 0 aliphatic carbocycles. The SMILES string of the molecule is CCOC(=O)C(C)Oc1ccc(NC(=O)C(Cl)=C(Cl)Cl)cc1. The minimum absolute atomic E-state index is 0.287. The van der Waals surface area contributed by atoms with Gasteiger partial charge >= 0.3 is 5.97 Å². The van der Waals surface area contributed by atoms with Crippen LogP contribution in [0, 0.1) is 0 Å². The molecule has 1 rings (SSSR count). The number of hydrogen-bond donors (Lipinski definition) is 1. The summed E-state index contributed by atoms with van der Waals surface area (Å²) >= 11 is 16.4. The van der Waals surface area contributed by atoms with E-state index in [0.717, 1.165) is 0 Å². The zero-order valence-corrected chi connectivity index (χ0v) is 14.1. The van der Waals surface area contributed by atoms with Gasteiger partial charge in [0, 0.05) is 5.69 Å². The molecule has 0 saturated carbocycles. The summed E-state index contributed by atoms with van der Waals surface area (Å²) in [7, 11) is 0. The zero-order valence-electron chi connectivity index (χ0n) is 11.9. The fourth-order valence-electron chi connectivity index (χ4n) is 1.40. The van der Waals surface area contributed by atoms with Crippen molar-refractivity contribution in [2.45, 2.75) is 20.0 Å². The third-order valence-electron chi connectivity index (χ3n) is 2.41. The van der Waals surface area contributed by atoms with Crippen molar-refractivity contribution < 1.29 is 19.1 Å². The summed E-state index contributed by atoms with van der Waals surface area (Å²) < 4.78 is 9.93. The molecule has 1 aromatic rings. The molecule has 1 atom stereocenters. The number of carbonyl (C=O) groups excluding carboxylic acids is 2. The molecule has 0 aliphatic rings. The normalized spacial score (nSPS) is 11.3. The Morgan fingerprint density at radius 1 is 1.18 bits per heavy atom. The smallest absolute Gasteiger partial charge is 0.347 e. The monoisotopic (exact) mass is 365 g/mol. The highest BCUT2D eigenvalue weighted by molar-refractivity contribution is 6.63. The molecule has 22 heavy (non-hydrogen) atoms. The van der Waals surface area contributed by atoms with Crippen molar-refractivity contribution in [3.8, 4) is 5.75 Å². The van der Waals surface area contributed by atoms with Gasteiger partial charge in [-0.3, -0.25) is 4.79 Å². The number of nitrogens with one attached hydrogen (secondary N) is 1. The lowest BCUT2D eigenvalue weighted by atomic mass is 10.3. The van der Waals surface area contributed by atoms with Gasteiger partial charge in [-0.05, 0) is 38.1 Å². The van der Waals surface area contributed by atoms with Gasteiger partial charge in [0.1, 0.15) is 15.3 Å². The van der Waals surface area contributed by atoms with Crippen LogP contribution in [-0.2, 0) is 14.3 Å². The number of ether oxygens (including phenoxy) is 2. The first-order valence-electron chi connectivity index (χ1n) is 6.30. The molecule has 0 heterocycles. The van der Waals surface area contributed by atoms with Gasteiger partial charge in [-0.25, -0.2) is 4.79 Å². The summed E-state index contributed by atoms with van der Waals surface area (Å²) in [5.41, 5.74) is 0.467. The highest BCUT2D eigenvalue weighted by Crippen LogP contribution is 2.21. The average Bonchev–Trinajstić information content (AvgIpc) is 2.48. The van der Waals surface area contributed by atoms with Crippen molar-refractivity contribution in [1.29, 1.82) is 0 Å². The number of rotatable bonds is 6. The Morgan fingerprint density at radius 2 is 1.77 bits per heavy atom. The first-order valence-corrected chi connectivity index (χ1v) is 7.44. The van der Waals surface area contributed by atoms with Crippen molar-refractivity contribution in [1.82, 2.24) is 0 Å². The van der Waals surface area contributed by atoms with E-state index in [-0.39, 0.29) is 16.1 Å². The first kappa shape index (κ1) is 18.6. The Balaban J connectivity index is 2.66. The van der Waals surface area contributed by atoms with Gasteiger partial charge in [0.2, 0.25) is 0 Å². The second-order valence-corrected chi connectivity index (χ2v) is 5.39. The van der Waals surface area contributed by atoms with Crippen LogP contribution in [0.4, 0.5) is 5.69 Å². The number of halogens is 3. The Labute approximate surface area is 143 Å². The van der Waals surface area contributed by atoms with Crippen LogP contribution in [0.2, 0.25) is 0 Å². The number of esters is 1. The predicted octanol–water partition coefficient (Wildman–Crippen LogP) is 3.84. The largest absolute Gasteiger partial charge is 0.479 e. The Bertz CT molecular complexity index is 568. The maximum absolute atomic E-state index is 11.6. The van der Waals surface area contributed by atoms with Gasteiger partial charge in [-0.1, -0.05) is 34.8 Å². The van der Waals surface area contributed by atoms with Gasteiger partial charge in [-0.15, -0.1) is 0 Å². The minimum Gasteiger partial charge on any atom is -0.479 e. The fourth-order valence-corrected chi connectivity index (χ4v) is 1.62. The van der Waals surface area contributed by atoms with E-state index >= 15 is 0 Å². The number of benzene rings is 1. The summed E-state index contributed by atoms with van der Waals surface area (Å²) in [6, 6.07) is 6.34. The van der Waals surface area contributed by atoms with Crippen molar-refractivity contribution in [3.05, 3.63) is 33.8 Å². The molecule has 0 radical (unpaired) electrons. The van der Waals surface area contributed by atoms with Crippen molar-refractivity contribution in [3.63, 3.8) is 0 Å². The topological polar surface area (TPSA) is 64.6 Å². The summed E-state index contributed by atoms with van der Waals surface area (Å²) in [6.45, 7) is 3.59. The van der Waals surface area contributed by atoms with Crippen LogP contribution >= 0.6 is 34.8 Å². The summed E-state index contributed by atoms with van der Waals surface area (Å²) in [5.74, 6) is -0.626. The molecule has 5 nitrogen and oxygen atoms in total. The molecule has 0 bridgehead atoms. The molecular weight excluding hydrogens is 353 g/mol. The van der Waals surface area contributed by atoms with Crippen molar-refractivity contribution >= 4 is 52.4 Å². The summed E-state index contributed by atoms with van der Waals surface area (Å²) in [5, 5.41) is 2.20. The Hall–Kier alpha value is -1.43. The van der Waals surface area contributed by atoms with Gasteiger partial charge in [0.15, 0.2) is 6.10 Å². The van der Waals surface area contributed by atoms with Gasteiger partial charge in [0.25, 0.3) is 5.91 Å². The second-order valence-electron chi connectivity index (χ2n) is 4.07. The van der Waals surface area contributed by atoms with Crippen LogP contribution in [0.3, 0.4) is 0 Å². The van der Waals surface area contributed by atoms with Crippen LogP contribution in [-0.4, -0.2) is 24.6 Å². The molecule has 0 aromatic heterocycles. The number of amides is 1. The van der Waals surface area contributed by atoms with E-state index in [1.165, 1.54) is 0 Å². The quantitative estimate of drug-likeness (QED) is 0.613. The van der Waals surface area contributed by atoms with Crippen molar-refractivity contribution in [2.24, 2.45) is 0 Å². The summed E-state index contributed by atoms with van der Waals surface area (Å²) in [6.07, 6.45) is -0.729. The van der Waals surface area contributed by atoms with E-state index in [9.17, 15) is 9.59 Å². The number of anilines is 1. The molecule has 1 N–H and O–H groups in total. The lowest BCUT2D eigenvalue weighted by Crippen LogP contribution is -2.26. The fraction of sp³-hybridized carbons (Fsp3) is 0.286. The van der Waals surface area contributed by atoms with Gasteiger partial charge in [0.05, 0.1) is 6.61 Å². The lowest BCUT2D eigenvalue weighted by molar-refractivity contribution is -0.150. The molecule has 0 aliphatic heterocycles. The highest BCUT2D eigenvalue weighted by Gasteiger charge is 2.16. The van der Waals surface area contributed by atoms with E-state index in [1.54, 1.807) is 38.1 Å².